The average Bonchev–Trinajstić information content (AvgIpc) is 3.27. The number of aromatic nitrogens is 4. The van der Waals surface area contributed by atoms with Crippen LogP contribution in [0.2, 0.25) is 0 Å². The molecule has 1 saturated heterocycles. The molecular weight excluding hydrogens is 322 g/mol. The van der Waals surface area contributed by atoms with Crippen molar-refractivity contribution in [1.82, 2.24) is 24.9 Å². The maximum Gasteiger partial charge on any atom is 0.158 e. The molecule has 4 heterocycles. The highest BCUT2D eigenvalue weighted by Crippen LogP contribution is 2.33. The van der Waals surface area contributed by atoms with Crippen LogP contribution >= 0.6 is 0 Å². The summed E-state index contributed by atoms with van der Waals surface area (Å²) in [7, 11) is 0. The third-order valence-corrected chi connectivity index (χ3v) is 5.74. The summed E-state index contributed by atoms with van der Waals surface area (Å²) >= 11 is 0. The molecule has 5 rings (SSSR count). The first-order chi connectivity index (χ1) is 12.7. The van der Waals surface area contributed by atoms with Crippen molar-refractivity contribution in [2.24, 2.45) is 0 Å². The highest BCUT2D eigenvalue weighted by molar-refractivity contribution is 5.91. The summed E-state index contributed by atoms with van der Waals surface area (Å²) in [6.45, 7) is 6.52. The summed E-state index contributed by atoms with van der Waals surface area (Å²) in [6, 6.07) is 9.13. The van der Waals surface area contributed by atoms with Crippen LogP contribution in [0.25, 0.3) is 27.8 Å². The molecule has 0 spiro atoms. The van der Waals surface area contributed by atoms with Gasteiger partial charge in [-0.05, 0) is 74.5 Å². The predicted octanol–water partition coefficient (Wildman–Crippen LogP) is 3.96. The number of fused-ring (bicyclic) bond motifs is 2. The van der Waals surface area contributed by atoms with Crippen LogP contribution in [0.5, 0.6) is 0 Å². The molecule has 0 aliphatic carbocycles. The molecule has 2 N–H and O–H groups in total. The fourth-order valence-corrected chi connectivity index (χ4v) is 4.28. The predicted molar refractivity (Wildman–Crippen MR) is 105 cm³/mol. The van der Waals surface area contributed by atoms with E-state index in [1.54, 1.807) is 6.33 Å². The molecule has 0 unspecified atom stereocenters. The Kier molecular flexibility index (Phi) is 3.57. The van der Waals surface area contributed by atoms with Gasteiger partial charge in [-0.2, -0.15) is 5.10 Å². The van der Waals surface area contributed by atoms with E-state index in [2.05, 4.69) is 64.7 Å². The average molecular weight is 345 g/mol. The molecule has 0 saturated carbocycles. The van der Waals surface area contributed by atoms with Crippen molar-refractivity contribution in [3.8, 4) is 11.3 Å². The zero-order valence-electron chi connectivity index (χ0n) is 15.2. The van der Waals surface area contributed by atoms with Gasteiger partial charge in [-0.1, -0.05) is 12.1 Å². The van der Waals surface area contributed by atoms with Crippen LogP contribution in [0.4, 0.5) is 0 Å². The summed E-state index contributed by atoms with van der Waals surface area (Å²) in [6.07, 6.45) is 6.11. The van der Waals surface area contributed by atoms with E-state index in [0.29, 0.717) is 5.92 Å². The Bertz CT molecular complexity index is 1100. The minimum Gasteiger partial charge on any atom is -0.354 e. The summed E-state index contributed by atoms with van der Waals surface area (Å²) in [4.78, 5) is 7.98. The topological polar surface area (TPSA) is 58.0 Å². The zero-order chi connectivity index (χ0) is 17.7. The number of H-pyrrole nitrogens is 1. The van der Waals surface area contributed by atoms with E-state index in [4.69, 9.17) is 0 Å². The maximum atomic E-state index is 4.32. The highest BCUT2D eigenvalue weighted by atomic mass is 15.3. The first-order valence-corrected chi connectivity index (χ1v) is 9.34. The van der Waals surface area contributed by atoms with Gasteiger partial charge < -0.3 is 10.3 Å². The van der Waals surface area contributed by atoms with Gasteiger partial charge in [-0.15, -0.1) is 0 Å². The lowest BCUT2D eigenvalue weighted by Crippen LogP contribution is -2.26. The fraction of sp³-hybridized carbons (Fsp3) is 0.333. The quantitative estimate of drug-likeness (QED) is 0.578. The molecule has 5 nitrogen and oxygen atoms in total. The van der Waals surface area contributed by atoms with Gasteiger partial charge in [-0.3, -0.25) is 0 Å². The normalized spacial score (nSPS) is 15.9. The number of rotatable bonds is 2. The number of nitrogens with zero attached hydrogens (tertiary/aromatic N) is 3. The number of pyridine rings is 1. The van der Waals surface area contributed by atoms with Gasteiger partial charge in [0.25, 0.3) is 0 Å². The van der Waals surface area contributed by atoms with E-state index in [-0.39, 0.29) is 0 Å². The standard InChI is InChI=1S/C21H23N5/c1-13-9-17(11-26-21(13)23-12-24-26)20-14(2)18-4-3-16(10-19(18)25-20)15-5-7-22-8-6-15/h3-4,9-12,15,22,25H,5-8H2,1-2H3. The molecule has 132 valence electrons. The van der Waals surface area contributed by atoms with E-state index in [0.717, 1.165) is 29.9 Å². The third kappa shape index (κ3) is 2.42. The second-order valence-corrected chi connectivity index (χ2v) is 7.39. The zero-order valence-corrected chi connectivity index (χ0v) is 15.2. The molecule has 1 aliphatic rings. The van der Waals surface area contributed by atoms with Crippen molar-refractivity contribution in [2.75, 3.05) is 13.1 Å². The molecule has 0 atom stereocenters. The molecule has 4 aromatic rings. The Morgan fingerprint density at radius 1 is 1.12 bits per heavy atom. The smallest absolute Gasteiger partial charge is 0.158 e. The minimum atomic E-state index is 0.668. The van der Waals surface area contributed by atoms with Crippen molar-refractivity contribution < 1.29 is 0 Å². The monoisotopic (exact) mass is 345 g/mol. The van der Waals surface area contributed by atoms with Crippen molar-refractivity contribution in [3.05, 3.63) is 53.5 Å². The van der Waals surface area contributed by atoms with Crippen LogP contribution in [-0.4, -0.2) is 32.7 Å². The Labute approximate surface area is 152 Å². The first kappa shape index (κ1) is 15.6. The van der Waals surface area contributed by atoms with Gasteiger partial charge in [-0.25, -0.2) is 9.50 Å². The van der Waals surface area contributed by atoms with Crippen LogP contribution in [-0.2, 0) is 0 Å². The molecular formula is C21H23N5. The Hall–Kier alpha value is -2.66. The van der Waals surface area contributed by atoms with Gasteiger partial charge in [0.2, 0.25) is 0 Å². The van der Waals surface area contributed by atoms with Gasteiger partial charge in [0, 0.05) is 22.7 Å². The van der Waals surface area contributed by atoms with E-state index in [9.17, 15) is 0 Å². The first-order valence-electron chi connectivity index (χ1n) is 9.34. The number of hydrogen-bond acceptors (Lipinski definition) is 3. The van der Waals surface area contributed by atoms with Crippen molar-refractivity contribution in [1.29, 1.82) is 0 Å². The Balaban J connectivity index is 1.62. The molecule has 1 aliphatic heterocycles. The van der Waals surface area contributed by atoms with E-state index in [1.165, 1.54) is 40.6 Å². The van der Waals surface area contributed by atoms with Crippen LogP contribution in [0, 0.1) is 13.8 Å². The molecule has 3 aromatic heterocycles. The maximum absolute atomic E-state index is 4.32. The number of aryl methyl sites for hydroxylation is 2. The summed E-state index contributed by atoms with van der Waals surface area (Å²) in [5.74, 6) is 0.668. The molecule has 0 amide bonds. The summed E-state index contributed by atoms with van der Waals surface area (Å²) in [5, 5.41) is 9.06. The van der Waals surface area contributed by atoms with Crippen LogP contribution in [0.15, 0.2) is 36.8 Å². The fourth-order valence-electron chi connectivity index (χ4n) is 4.28. The van der Waals surface area contributed by atoms with Gasteiger partial charge in [0.15, 0.2) is 5.65 Å². The van der Waals surface area contributed by atoms with Gasteiger partial charge in [0.05, 0.1) is 5.69 Å². The largest absolute Gasteiger partial charge is 0.354 e. The Morgan fingerprint density at radius 3 is 2.81 bits per heavy atom. The SMILES string of the molecule is Cc1c(-c2cc(C)c3ncnn3c2)[nH]c2cc(C3CCNCC3)ccc12. The van der Waals surface area contributed by atoms with Gasteiger partial charge in [0.1, 0.15) is 6.33 Å². The molecule has 5 heteroatoms. The molecule has 1 aromatic carbocycles. The number of hydrogen-bond donors (Lipinski definition) is 2. The highest BCUT2D eigenvalue weighted by Gasteiger charge is 2.17. The van der Waals surface area contributed by atoms with E-state index >= 15 is 0 Å². The van der Waals surface area contributed by atoms with Crippen LogP contribution < -0.4 is 5.32 Å². The second-order valence-electron chi connectivity index (χ2n) is 7.39. The lowest BCUT2D eigenvalue weighted by atomic mass is 9.89. The number of piperidine rings is 1. The Morgan fingerprint density at radius 2 is 1.96 bits per heavy atom. The van der Waals surface area contributed by atoms with Crippen molar-refractivity contribution in [3.63, 3.8) is 0 Å². The molecule has 1 fully saturated rings. The van der Waals surface area contributed by atoms with E-state index < -0.39 is 0 Å². The van der Waals surface area contributed by atoms with Gasteiger partial charge >= 0.3 is 0 Å². The van der Waals surface area contributed by atoms with Crippen molar-refractivity contribution >= 4 is 16.6 Å². The third-order valence-electron chi connectivity index (χ3n) is 5.74. The number of aromatic amines is 1. The molecule has 0 radical (unpaired) electrons. The lowest BCUT2D eigenvalue weighted by Gasteiger charge is -2.23. The summed E-state index contributed by atoms with van der Waals surface area (Å²) in [5.41, 5.74) is 8.33. The number of benzene rings is 1. The van der Waals surface area contributed by atoms with Crippen LogP contribution in [0.1, 0.15) is 35.4 Å². The van der Waals surface area contributed by atoms with Crippen LogP contribution in [0.3, 0.4) is 0 Å². The molecule has 0 bridgehead atoms. The van der Waals surface area contributed by atoms with E-state index in [1.807, 2.05) is 4.52 Å². The lowest BCUT2D eigenvalue weighted by molar-refractivity contribution is 0.460. The van der Waals surface area contributed by atoms with Crippen molar-refractivity contribution in [2.45, 2.75) is 32.6 Å². The summed E-state index contributed by atoms with van der Waals surface area (Å²) < 4.78 is 1.86. The second kappa shape index (κ2) is 5.95. The minimum absolute atomic E-state index is 0.668. The number of nitrogens with one attached hydrogen (secondary N) is 2. The molecule has 26 heavy (non-hydrogen) atoms.